The van der Waals surface area contributed by atoms with Crippen molar-refractivity contribution >= 4 is 11.6 Å². The van der Waals surface area contributed by atoms with E-state index in [1.807, 2.05) is 48.8 Å². The first-order chi connectivity index (χ1) is 12.2. The molecule has 0 aromatic carbocycles. The number of nitrogens with zero attached hydrogens (tertiary/aromatic N) is 4. The van der Waals surface area contributed by atoms with Gasteiger partial charge >= 0.3 is 0 Å². The SMILES string of the molecule is CC(C)Oc1ccn2c(-c3ccnc(NC4CCNC4)n3)cnc2c1. The molecule has 1 aliphatic heterocycles. The van der Waals surface area contributed by atoms with Gasteiger partial charge in [-0.15, -0.1) is 0 Å². The van der Waals surface area contributed by atoms with E-state index in [2.05, 4.69) is 25.6 Å². The van der Waals surface area contributed by atoms with Crippen LogP contribution in [0.15, 0.2) is 36.8 Å². The summed E-state index contributed by atoms with van der Waals surface area (Å²) in [4.78, 5) is 13.5. The van der Waals surface area contributed by atoms with E-state index in [9.17, 15) is 0 Å². The van der Waals surface area contributed by atoms with E-state index in [1.54, 1.807) is 6.20 Å². The van der Waals surface area contributed by atoms with Gasteiger partial charge in [-0.3, -0.25) is 4.40 Å². The van der Waals surface area contributed by atoms with Gasteiger partial charge in [-0.2, -0.15) is 0 Å². The first kappa shape index (κ1) is 15.8. The van der Waals surface area contributed by atoms with Gasteiger partial charge in [0.15, 0.2) is 0 Å². The topological polar surface area (TPSA) is 76.4 Å². The Morgan fingerprint density at radius 2 is 2.24 bits per heavy atom. The Morgan fingerprint density at radius 3 is 3.04 bits per heavy atom. The Hall–Kier alpha value is -2.67. The van der Waals surface area contributed by atoms with Crippen LogP contribution >= 0.6 is 0 Å². The molecule has 0 aliphatic carbocycles. The fourth-order valence-electron chi connectivity index (χ4n) is 3.03. The van der Waals surface area contributed by atoms with E-state index in [1.165, 1.54) is 0 Å². The summed E-state index contributed by atoms with van der Waals surface area (Å²) >= 11 is 0. The zero-order valence-electron chi connectivity index (χ0n) is 14.4. The number of nitrogens with one attached hydrogen (secondary N) is 2. The highest BCUT2D eigenvalue weighted by atomic mass is 16.5. The van der Waals surface area contributed by atoms with Crippen LogP contribution in [0.3, 0.4) is 0 Å². The predicted molar refractivity (Wildman–Crippen MR) is 96.9 cm³/mol. The molecule has 7 heteroatoms. The lowest BCUT2D eigenvalue weighted by molar-refractivity contribution is 0.242. The maximum Gasteiger partial charge on any atom is 0.223 e. The lowest BCUT2D eigenvalue weighted by Gasteiger charge is -2.12. The summed E-state index contributed by atoms with van der Waals surface area (Å²) in [6, 6.07) is 6.17. The number of rotatable bonds is 5. The van der Waals surface area contributed by atoms with E-state index in [-0.39, 0.29) is 6.10 Å². The minimum Gasteiger partial charge on any atom is -0.491 e. The van der Waals surface area contributed by atoms with Crippen molar-refractivity contribution in [3.05, 3.63) is 36.8 Å². The van der Waals surface area contributed by atoms with E-state index in [0.29, 0.717) is 12.0 Å². The number of imidazole rings is 1. The van der Waals surface area contributed by atoms with Crippen LogP contribution in [0.5, 0.6) is 5.75 Å². The lowest BCUT2D eigenvalue weighted by Crippen LogP contribution is -2.23. The van der Waals surface area contributed by atoms with Crippen molar-refractivity contribution in [3.8, 4) is 17.1 Å². The van der Waals surface area contributed by atoms with Crippen molar-refractivity contribution in [1.82, 2.24) is 24.7 Å². The van der Waals surface area contributed by atoms with Crippen molar-refractivity contribution in [2.75, 3.05) is 18.4 Å². The van der Waals surface area contributed by atoms with E-state index in [0.717, 1.165) is 42.3 Å². The van der Waals surface area contributed by atoms with E-state index < -0.39 is 0 Å². The van der Waals surface area contributed by atoms with Gasteiger partial charge in [-0.25, -0.2) is 15.0 Å². The molecule has 1 saturated heterocycles. The molecule has 4 rings (SSSR count). The fourth-order valence-corrected chi connectivity index (χ4v) is 3.03. The van der Waals surface area contributed by atoms with Gasteiger partial charge in [-0.05, 0) is 38.9 Å². The number of aromatic nitrogens is 4. The molecular weight excluding hydrogens is 316 g/mol. The van der Waals surface area contributed by atoms with Crippen LogP contribution in [0.25, 0.3) is 17.0 Å². The molecule has 4 heterocycles. The average molecular weight is 338 g/mol. The molecule has 130 valence electrons. The minimum atomic E-state index is 0.137. The van der Waals surface area contributed by atoms with Gasteiger partial charge < -0.3 is 15.4 Å². The summed E-state index contributed by atoms with van der Waals surface area (Å²) in [5.74, 6) is 1.47. The van der Waals surface area contributed by atoms with Gasteiger partial charge in [0.2, 0.25) is 5.95 Å². The van der Waals surface area contributed by atoms with Crippen molar-refractivity contribution in [2.24, 2.45) is 0 Å². The van der Waals surface area contributed by atoms with Gasteiger partial charge in [0.05, 0.1) is 23.7 Å². The van der Waals surface area contributed by atoms with E-state index in [4.69, 9.17) is 4.74 Å². The van der Waals surface area contributed by atoms with E-state index >= 15 is 0 Å². The van der Waals surface area contributed by atoms with Crippen LogP contribution in [-0.4, -0.2) is 44.6 Å². The molecule has 0 spiro atoms. The van der Waals surface area contributed by atoms with Gasteiger partial charge in [-0.1, -0.05) is 0 Å². The second kappa shape index (κ2) is 6.68. The van der Waals surface area contributed by atoms with Crippen molar-refractivity contribution in [3.63, 3.8) is 0 Å². The first-order valence-electron chi connectivity index (χ1n) is 8.63. The number of hydrogen-bond donors (Lipinski definition) is 2. The highest BCUT2D eigenvalue weighted by Crippen LogP contribution is 2.23. The molecule has 0 radical (unpaired) electrons. The summed E-state index contributed by atoms with van der Waals surface area (Å²) in [7, 11) is 0. The van der Waals surface area contributed by atoms with Crippen LogP contribution in [0.4, 0.5) is 5.95 Å². The molecule has 2 N–H and O–H groups in total. The third-order valence-electron chi connectivity index (χ3n) is 4.17. The van der Waals surface area contributed by atoms with Crippen LogP contribution < -0.4 is 15.4 Å². The summed E-state index contributed by atoms with van der Waals surface area (Å²) in [5.41, 5.74) is 2.61. The molecule has 7 nitrogen and oxygen atoms in total. The quantitative estimate of drug-likeness (QED) is 0.744. The number of ether oxygens (including phenoxy) is 1. The van der Waals surface area contributed by atoms with Crippen molar-refractivity contribution in [2.45, 2.75) is 32.4 Å². The molecule has 0 saturated carbocycles. The maximum absolute atomic E-state index is 5.74. The summed E-state index contributed by atoms with van der Waals surface area (Å²) in [6.45, 7) is 6.00. The second-order valence-corrected chi connectivity index (χ2v) is 6.50. The lowest BCUT2D eigenvalue weighted by atomic mass is 10.3. The van der Waals surface area contributed by atoms with Gasteiger partial charge in [0.1, 0.15) is 11.4 Å². The molecule has 1 unspecified atom stereocenters. The summed E-state index contributed by atoms with van der Waals surface area (Å²) in [5, 5.41) is 6.72. The zero-order valence-corrected chi connectivity index (χ0v) is 14.4. The predicted octanol–water partition coefficient (Wildman–Crippen LogP) is 2.35. The van der Waals surface area contributed by atoms with Crippen LogP contribution in [0.2, 0.25) is 0 Å². The highest BCUT2D eigenvalue weighted by molar-refractivity contribution is 5.61. The van der Waals surface area contributed by atoms with Crippen LogP contribution in [0.1, 0.15) is 20.3 Å². The second-order valence-electron chi connectivity index (χ2n) is 6.50. The number of fused-ring (bicyclic) bond motifs is 1. The molecule has 25 heavy (non-hydrogen) atoms. The third kappa shape index (κ3) is 3.41. The fraction of sp³-hybridized carbons (Fsp3) is 0.389. The third-order valence-corrected chi connectivity index (χ3v) is 4.17. The monoisotopic (exact) mass is 338 g/mol. The smallest absolute Gasteiger partial charge is 0.223 e. The Morgan fingerprint density at radius 1 is 1.32 bits per heavy atom. The Kier molecular flexibility index (Phi) is 4.23. The largest absolute Gasteiger partial charge is 0.491 e. The Bertz CT molecular complexity index is 869. The van der Waals surface area contributed by atoms with Crippen LogP contribution in [0, 0.1) is 0 Å². The van der Waals surface area contributed by atoms with Crippen molar-refractivity contribution < 1.29 is 4.74 Å². The molecule has 1 fully saturated rings. The molecule has 3 aromatic heterocycles. The van der Waals surface area contributed by atoms with Gasteiger partial charge in [0.25, 0.3) is 0 Å². The summed E-state index contributed by atoms with van der Waals surface area (Å²) in [6.07, 6.45) is 6.80. The maximum atomic E-state index is 5.74. The minimum absolute atomic E-state index is 0.137. The van der Waals surface area contributed by atoms with Gasteiger partial charge in [0, 0.05) is 31.0 Å². The number of anilines is 1. The van der Waals surface area contributed by atoms with Crippen LogP contribution in [-0.2, 0) is 0 Å². The molecule has 1 aliphatic rings. The first-order valence-corrected chi connectivity index (χ1v) is 8.63. The highest BCUT2D eigenvalue weighted by Gasteiger charge is 2.16. The Balaban J connectivity index is 1.62. The van der Waals surface area contributed by atoms with Crippen molar-refractivity contribution in [1.29, 1.82) is 0 Å². The Labute approximate surface area is 146 Å². The molecule has 1 atom stereocenters. The molecule has 0 bridgehead atoms. The molecular formula is C18H22N6O. The number of pyridine rings is 1. The molecule has 0 amide bonds. The standard InChI is InChI=1S/C18H22N6O/c1-12(2)25-14-5-8-24-16(11-21-17(24)9-14)15-4-7-20-18(23-15)22-13-3-6-19-10-13/h4-5,7-9,11-13,19H,3,6,10H2,1-2H3,(H,20,22,23). The zero-order chi connectivity index (χ0) is 17.2. The number of hydrogen-bond acceptors (Lipinski definition) is 6. The normalized spacial score (nSPS) is 17.3. The average Bonchev–Trinajstić information content (AvgIpc) is 3.23. The molecule has 3 aromatic rings. The summed E-state index contributed by atoms with van der Waals surface area (Å²) < 4.78 is 7.75.